The molecule has 0 bridgehead atoms. The first-order valence-electron chi connectivity index (χ1n) is 8.81. The first-order valence-corrected chi connectivity index (χ1v) is 10.1. The zero-order valence-electron chi connectivity index (χ0n) is 16.1. The summed E-state index contributed by atoms with van der Waals surface area (Å²) in [6.45, 7) is 3.44. The van der Waals surface area contributed by atoms with Gasteiger partial charge in [0, 0.05) is 11.5 Å². The van der Waals surface area contributed by atoms with Gasteiger partial charge in [-0.3, -0.25) is 19.2 Å². The van der Waals surface area contributed by atoms with Gasteiger partial charge in [0.05, 0.1) is 12.5 Å². The van der Waals surface area contributed by atoms with Crippen LogP contribution < -0.4 is 21.7 Å². The number of nitrogens with two attached hydrogens (primary N) is 1. The highest BCUT2D eigenvalue weighted by molar-refractivity contribution is 7.80. The maximum Gasteiger partial charge on any atom is 0.326 e. The lowest BCUT2D eigenvalue weighted by Crippen LogP contribution is -2.58. The Morgan fingerprint density at radius 2 is 1.34 bits per heavy atom. The number of hydrogen-bond acceptors (Lipinski definition) is 8. The maximum absolute atomic E-state index is 12.4. The van der Waals surface area contributed by atoms with E-state index in [1.54, 1.807) is 13.8 Å². The van der Waals surface area contributed by atoms with E-state index in [0.29, 0.717) is 6.42 Å². The molecule has 0 aromatic rings. The summed E-state index contributed by atoms with van der Waals surface area (Å²) in [6, 6.07) is -4.85. The van der Waals surface area contributed by atoms with Crippen molar-refractivity contribution in [3.8, 4) is 0 Å². The highest BCUT2D eigenvalue weighted by Gasteiger charge is 2.31. The molecule has 166 valence electrons. The molecule has 0 rings (SSSR count). The van der Waals surface area contributed by atoms with E-state index in [9.17, 15) is 29.1 Å². The summed E-state index contributed by atoms with van der Waals surface area (Å²) in [6.07, 6.45) is -0.111. The minimum absolute atomic E-state index is 0.129. The highest BCUT2D eigenvalue weighted by atomic mass is 32.1. The van der Waals surface area contributed by atoms with E-state index in [1.807, 2.05) is 0 Å². The first-order chi connectivity index (χ1) is 13.5. The normalized spacial score (nSPS) is 15.9. The molecule has 0 saturated carbocycles. The molecule has 0 aromatic carbocycles. The Morgan fingerprint density at radius 1 is 0.897 bits per heavy atom. The second kappa shape index (κ2) is 13.3. The van der Waals surface area contributed by atoms with Gasteiger partial charge in [-0.25, -0.2) is 4.79 Å². The number of aliphatic carboxylic acids is 2. The molecule has 13 heteroatoms. The van der Waals surface area contributed by atoms with E-state index in [2.05, 4.69) is 41.2 Å². The van der Waals surface area contributed by atoms with Gasteiger partial charge in [0.1, 0.15) is 18.1 Å². The Hall–Kier alpha value is -1.99. The van der Waals surface area contributed by atoms with Gasteiger partial charge in [0.15, 0.2) is 0 Å². The standard InChI is InChI=1S/C16H28N4O7S2/c1-3-7(2)12(16(26)27)20-15(25)10(6-29)19-14(24)9(5-28)18-13(23)8(17)4-11(21)22/h7-10,12,28-29H,3-6,17H2,1-2H3,(H,18,23)(H,19,24)(H,20,25)(H,21,22)(H,26,27). The number of thiol groups is 2. The molecule has 0 radical (unpaired) electrons. The van der Waals surface area contributed by atoms with Crippen LogP contribution in [0.25, 0.3) is 0 Å². The van der Waals surface area contributed by atoms with Crippen LogP contribution in [0.5, 0.6) is 0 Å². The average Bonchev–Trinajstić information content (AvgIpc) is 2.66. The van der Waals surface area contributed by atoms with Gasteiger partial charge < -0.3 is 31.9 Å². The number of hydrogen-bond donors (Lipinski definition) is 8. The van der Waals surface area contributed by atoms with Crippen molar-refractivity contribution in [3.63, 3.8) is 0 Å². The van der Waals surface area contributed by atoms with E-state index >= 15 is 0 Å². The lowest BCUT2D eigenvalue weighted by atomic mass is 9.99. The molecule has 0 aliphatic rings. The Kier molecular flexibility index (Phi) is 12.4. The summed E-state index contributed by atoms with van der Waals surface area (Å²) in [5.41, 5.74) is 5.44. The van der Waals surface area contributed by atoms with Gasteiger partial charge in [0.2, 0.25) is 17.7 Å². The number of rotatable bonds is 13. The second-order valence-corrected chi connectivity index (χ2v) is 7.13. The molecule has 0 spiro atoms. The zero-order valence-corrected chi connectivity index (χ0v) is 17.9. The molecule has 0 fully saturated rings. The van der Waals surface area contributed by atoms with Crippen LogP contribution in [0.4, 0.5) is 0 Å². The van der Waals surface area contributed by atoms with Gasteiger partial charge in [0.25, 0.3) is 0 Å². The molecular formula is C16H28N4O7S2. The summed E-state index contributed by atoms with van der Waals surface area (Å²) >= 11 is 7.96. The van der Waals surface area contributed by atoms with Crippen LogP contribution in [-0.2, 0) is 24.0 Å². The van der Waals surface area contributed by atoms with E-state index < -0.39 is 60.2 Å². The number of carbonyl (C=O) groups is 5. The Labute approximate surface area is 179 Å². The van der Waals surface area contributed by atoms with Crippen molar-refractivity contribution in [1.29, 1.82) is 0 Å². The number of amides is 3. The van der Waals surface area contributed by atoms with Crippen LogP contribution in [0.3, 0.4) is 0 Å². The number of carbonyl (C=O) groups excluding carboxylic acids is 3. The van der Waals surface area contributed by atoms with Crippen molar-refractivity contribution >= 4 is 54.9 Å². The molecule has 29 heavy (non-hydrogen) atoms. The Morgan fingerprint density at radius 3 is 1.72 bits per heavy atom. The van der Waals surface area contributed by atoms with Gasteiger partial charge in [-0.1, -0.05) is 20.3 Å². The molecule has 0 aliphatic heterocycles. The molecule has 0 heterocycles. The van der Waals surface area contributed by atoms with Crippen molar-refractivity contribution in [1.82, 2.24) is 16.0 Å². The topological polar surface area (TPSA) is 188 Å². The van der Waals surface area contributed by atoms with Gasteiger partial charge in [-0.15, -0.1) is 0 Å². The molecule has 0 aliphatic carbocycles. The summed E-state index contributed by atoms with van der Waals surface area (Å²) in [5, 5.41) is 24.9. The molecule has 11 nitrogen and oxygen atoms in total. The highest BCUT2D eigenvalue weighted by Crippen LogP contribution is 2.08. The fraction of sp³-hybridized carbons (Fsp3) is 0.688. The van der Waals surface area contributed by atoms with Crippen molar-refractivity contribution in [2.75, 3.05) is 11.5 Å². The van der Waals surface area contributed by atoms with E-state index in [-0.39, 0.29) is 17.4 Å². The Balaban J connectivity index is 5.04. The molecule has 7 N–H and O–H groups in total. The van der Waals surface area contributed by atoms with Crippen LogP contribution in [0.1, 0.15) is 26.7 Å². The molecule has 5 unspecified atom stereocenters. The molecule has 0 aromatic heterocycles. The minimum atomic E-state index is -1.36. The summed E-state index contributed by atoms with van der Waals surface area (Å²) in [5.74, 6) is -5.48. The summed E-state index contributed by atoms with van der Waals surface area (Å²) in [7, 11) is 0. The predicted molar refractivity (Wildman–Crippen MR) is 111 cm³/mol. The van der Waals surface area contributed by atoms with Gasteiger partial charge in [-0.2, -0.15) is 25.3 Å². The van der Waals surface area contributed by atoms with Crippen LogP contribution in [0, 0.1) is 5.92 Å². The van der Waals surface area contributed by atoms with Crippen molar-refractivity contribution in [2.24, 2.45) is 11.7 Å². The Bertz CT molecular complexity index is 620. The molecular weight excluding hydrogens is 424 g/mol. The van der Waals surface area contributed by atoms with E-state index in [1.165, 1.54) is 0 Å². The largest absolute Gasteiger partial charge is 0.481 e. The number of carboxylic acid groups (broad SMARTS) is 2. The SMILES string of the molecule is CCC(C)C(NC(=O)C(CS)NC(=O)C(CS)NC(=O)C(N)CC(=O)O)C(=O)O. The number of carboxylic acids is 2. The fourth-order valence-corrected chi connectivity index (χ4v) is 2.67. The third-order valence-electron chi connectivity index (χ3n) is 4.14. The summed E-state index contributed by atoms with van der Waals surface area (Å²) < 4.78 is 0. The van der Waals surface area contributed by atoms with Crippen LogP contribution in [0.2, 0.25) is 0 Å². The van der Waals surface area contributed by atoms with Crippen molar-refractivity contribution in [2.45, 2.75) is 50.9 Å². The maximum atomic E-state index is 12.4. The molecule has 3 amide bonds. The quantitative estimate of drug-likeness (QED) is 0.151. The molecule has 5 atom stereocenters. The second-order valence-electron chi connectivity index (χ2n) is 6.40. The van der Waals surface area contributed by atoms with Crippen LogP contribution >= 0.6 is 25.3 Å². The smallest absolute Gasteiger partial charge is 0.326 e. The van der Waals surface area contributed by atoms with E-state index in [4.69, 9.17) is 10.8 Å². The average molecular weight is 453 g/mol. The van der Waals surface area contributed by atoms with Crippen LogP contribution in [-0.4, -0.2) is 75.5 Å². The lowest BCUT2D eigenvalue weighted by molar-refractivity contribution is -0.143. The number of nitrogens with one attached hydrogen (secondary N) is 3. The lowest BCUT2D eigenvalue weighted by Gasteiger charge is -2.25. The molecule has 0 saturated heterocycles. The fourth-order valence-electron chi connectivity index (χ4n) is 2.16. The van der Waals surface area contributed by atoms with Gasteiger partial charge in [-0.05, 0) is 5.92 Å². The summed E-state index contributed by atoms with van der Waals surface area (Å²) in [4.78, 5) is 58.6. The third kappa shape index (κ3) is 9.37. The third-order valence-corrected chi connectivity index (χ3v) is 4.87. The first kappa shape index (κ1) is 27.0. The van der Waals surface area contributed by atoms with Crippen molar-refractivity contribution < 1.29 is 34.2 Å². The minimum Gasteiger partial charge on any atom is -0.481 e. The van der Waals surface area contributed by atoms with Crippen molar-refractivity contribution in [3.05, 3.63) is 0 Å². The van der Waals surface area contributed by atoms with Gasteiger partial charge >= 0.3 is 11.9 Å². The monoisotopic (exact) mass is 452 g/mol. The zero-order chi connectivity index (χ0) is 22.7. The van der Waals surface area contributed by atoms with E-state index in [0.717, 1.165) is 0 Å². The predicted octanol–water partition coefficient (Wildman–Crippen LogP) is -1.77. The van der Waals surface area contributed by atoms with Crippen LogP contribution in [0.15, 0.2) is 0 Å².